The van der Waals surface area contributed by atoms with Crippen molar-refractivity contribution in [3.8, 4) is 0 Å². The third kappa shape index (κ3) is 3.66. The Morgan fingerprint density at radius 1 is 1.04 bits per heavy atom. The van der Waals surface area contributed by atoms with Gasteiger partial charge in [-0.25, -0.2) is 0 Å². The minimum atomic E-state index is -4.49. The first-order chi connectivity index (χ1) is 11.7. The van der Waals surface area contributed by atoms with Gasteiger partial charge in [0, 0.05) is 25.3 Å². The van der Waals surface area contributed by atoms with Crippen LogP contribution in [0.3, 0.4) is 0 Å². The number of carbonyl (C=O) groups is 1. The van der Waals surface area contributed by atoms with Gasteiger partial charge in [-0.15, -0.1) is 0 Å². The molecule has 2 aliphatic carbocycles. The van der Waals surface area contributed by atoms with Crippen LogP contribution in [0.5, 0.6) is 0 Å². The molecule has 25 heavy (non-hydrogen) atoms. The maximum atomic E-state index is 12.6. The normalized spacial score (nSPS) is 29.1. The molecule has 4 nitrogen and oxygen atoms in total. The predicted octanol–water partition coefficient (Wildman–Crippen LogP) is 3.29. The van der Waals surface area contributed by atoms with E-state index in [-0.39, 0.29) is 17.5 Å². The number of halogens is 3. The third-order valence-electron chi connectivity index (χ3n) is 5.87. The summed E-state index contributed by atoms with van der Waals surface area (Å²) >= 11 is 0. The number of hydrogen-bond donors (Lipinski definition) is 0. The van der Waals surface area contributed by atoms with Crippen molar-refractivity contribution >= 4 is 5.91 Å². The highest BCUT2D eigenvalue weighted by Gasteiger charge is 2.44. The number of rotatable bonds is 3. The molecule has 2 unspecified atom stereocenters. The lowest BCUT2D eigenvalue weighted by Gasteiger charge is -2.27. The van der Waals surface area contributed by atoms with E-state index in [0.29, 0.717) is 17.9 Å². The zero-order valence-corrected chi connectivity index (χ0v) is 14.8. The second-order valence-corrected chi connectivity index (χ2v) is 7.58. The summed E-state index contributed by atoms with van der Waals surface area (Å²) in [7, 11) is 5.96. The molecule has 0 aromatic carbocycles. The van der Waals surface area contributed by atoms with Gasteiger partial charge in [0.1, 0.15) is 5.69 Å². The van der Waals surface area contributed by atoms with Gasteiger partial charge >= 0.3 is 6.18 Å². The molecule has 4 atom stereocenters. The average molecular weight is 355 g/mol. The lowest BCUT2D eigenvalue weighted by molar-refractivity contribution is -0.141. The molecular weight excluding hydrogens is 331 g/mol. The maximum absolute atomic E-state index is 12.6. The first kappa shape index (κ1) is 18.2. The molecule has 1 heterocycles. The van der Waals surface area contributed by atoms with Crippen molar-refractivity contribution in [1.82, 2.24) is 14.8 Å². The summed E-state index contributed by atoms with van der Waals surface area (Å²) in [5, 5.41) is 0. The van der Waals surface area contributed by atoms with E-state index in [1.54, 1.807) is 11.9 Å². The molecule has 7 heteroatoms. The number of nitrogens with zero attached hydrogens (tertiary/aromatic N) is 3. The average Bonchev–Trinajstić information content (AvgIpc) is 3.11. The van der Waals surface area contributed by atoms with Crippen LogP contribution in [0, 0.1) is 11.8 Å². The van der Waals surface area contributed by atoms with Crippen molar-refractivity contribution in [2.75, 3.05) is 21.1 Å². The number of fused-ring (bicyclic) bond motifs is 1. The Morgan fingerprint density at radius 2 is 1.60 bits per heavy atom. The van der Waals surface area contributed by atoms with Crippen LogP contribution in [0.4, 0.5) is 13.2 Å². The second kappa shape index (κ2) is 6.59. The van der Waals surface area contributed by atoms with Crippen LogP contribution in [0.1, 0.15) is 41.7 Å². The van der Waals surface area contributed by atoms with Crippen LogP contribution >= 0.6 is 0 Å². The Kier molecular flexibility index (Phi) is 4.79. The summed E-state index contributed by atoms with van der Waals surface area (Å²) in [6.07, 6.45) is 0.825. The van der Waals surface area contributed by atoms with Crippen LogP contribution < -0.4 is 0 Å². The van der Waals surface area contributed by atoms with E-state index in [4.69, 9.17) is 0 Å². The van der Waals surface area contributed by atoms with Gasteiger partial charge in [0.15, 0.2) is 0 Å². The molecule has 0 aliphatic heterocycles. The summed E-state index contributed by atoms with van der Waals surface area (Å²) in [4.78, 5) is 19.9. The van der Waals surface area contributed by atoms with E-state index in [1.165, 1.54) is 6.07 Å². The highest BCUT2D eigenvalue weighted by Crippen LogP contribution is 2.46. The Labute approximate surface area is 146 Å². The third-order valence-corrected chi connectivity index (χ3v) is 5.87. The topological polar surface area (TPSA) is 36.4 Å². The largest absolute Gasteiger partial charge is 0.433 e. The van der Waals surface area contributed by atoms with Crippen LogP contribution in [0.15, 0.2) is 18.3 Å². The molecule has 138 valence electrons. The molecule has 2 saturated carbocycles. The van der Waals surface area contributed by atoms with Gasteiger partial charge in [-0.05, 0) is 63.7 Å². The maximum Gasteiger partial charge on any atom is 0.433 e. The molecule has 0 N–H and O–H groups in total. The van der Waals surface area contributed by atoms with Gasteiger partial charge in [0.05, 0.1) is 5.56 Å². The summed E-state index contributed by atoms with van der Waals surface area (Å²) in [6.45, 7) is 0. The second-order valence-electron chi connectivity index (χ2n) is 7.58. The monoisotopic (exact) mass is 355 g/mol. The molecule has 1 amide bonds. The van der Waals surface area contributed by atoms with Crippen molar-refractivity contribution in [1.29, 1.82) is 0 Å². The highest BCUT2D eigenvalue weighted by molar-refractivity contribution is 5.94. The van der Waals surface area contributed by atoms with Gasteiger partial charge in [-0.1, -0.05) is 0 Å². The molecule has 0 saturated heterocycles. The summed E-state index contributed by atoms with van der Waals surface area (Å²) in [5.74, 6) is 1.02. The molecule has 1 aromatic rings. The molecule has 0 spiro atoms. The van der Waals surface area contributed by atoms with Crippen molar-refractivity contribution < 1.29 is 18.0 Å². The van der Waals surface area contributed by atoms with Crippen LogP contribution in [-0.4, -0.2) is 53.9 Å². The van der Waals surface area contributed by atoms with Gasteiger partial charge in [0.2, 0.25) is 0 Å². The molecular formula is C18H24F3N3O. The zero-order valence-electron chi connectivity index (χ0n) is 14.8. The number of amides is 1. The zero-order chi connectivity index (χ0) is 18.4. The molecule has 0 bridgehead atoms. The highest BCUT2D eigenvalue weighted by atomic mass is 19.4. The first-order valence-corrected chi connectivity index (χ1v) is 8.63. The fraction of sp³-hybridized carbons (Fsp3) is 0.667. The van der Waals surface area contributed by atoms with Gasteiger partial charge in [-0.3, -0.25) is 9.78 Å². The standard InChI is InChI=1S/C18H24F3N3O/c1-23(2)14-6-12-8-15(9-13(12)7-14)24(3)17(25)11-4-5-16(22-10-11)18(19,20)21/h4-5,10,12-15H,6-9H2,1-3H3/t12-,13+,14?,15?. The number of pyridine rings is 1. The smallest absolute Gasteiger partial charge is 0.339 e. The SMILES string of the molecule is CN(C)C1C[C@@H]2CC(N(C)C(=O)c3ccc(C(F)(F)F)nc3)C[C@@H]2C1. The molecule has 3 rings (SSSR count). The Bertz CT molecular complexity index is 615. The molecule has 1 aromatic heterocycles. The van der Waals surface area contributed by atoms with E-state index in [9.17, 15) is 18.0 Å². The summed E-state index contributed by atoms with van der Waals surface area (Å²) in [6, 6.07) is 2.86. The van der Waals surface area contributed by atoms with E-state index >= 15 is 0 Å². The van der Waals surface area contributed by atoms with Gasteiger partial charge in [-0.2, -0.15) is 13.2 Å². The predicted molar refractivity (Wildman–Crippen MR) is 88.0 cm³/mol. The molecule has 0 radical (unpaired) electrons. The number of aromatic nitrogens is 1. The molecule has 2 fully saturated rings. The lowest BCUT2D eigenvalue weighted by Crippen LogP contribution is -2.36. The van der Waals surface area contributed by atoms with E-state index in [2.05, 4.69) is 24.0 Å². The van der Waals surface area contributed by atoms with E-state index in [0.717, 1.165) is 37.9 Å². The minimum absolute atomic E-state index is 0.160. The van der Waals surface area contributed by atoms with Crippen molar-refractivity contribution in [2.45, 2.75) is 43.9 Å². The van der Waals surface area contributed by atoms with Gasteiger partial charge in [0.25, 0.3) is 5.91 Å². The van der Waals surface area contributed by atoms with Gasteiger partial charge < -0.3 is 9.80 Å². The van der Waals surface area contributed by atoms with Crippen LogP contribution in [0.2, 0.25) is 0 Å². The molecule has 2 aliphatic rings. The number of hydrogen-bond acceptors (Lipinski definition) is 3. The Morgan fingerprint density at radius 3 is 2.04 bits per heavy atom. The lowest BCUT2D eigenvalue weighted by atomic mass is 10.0. The first-order valence-electron chi connectivity index (χ1n) is 8.63. The quantitative estimate of drug-likeness (QED) is 0.835. The Hall–Kier alpha value is -1.63. The summed E-state index contributed by atoms with van der Waals surface area (Å²) < 4.78 is 37.8. The number of carbonyl (C=O) groups excluding carboxylic acids is 1. The van der Waals surface area contributed by atoms with E-state index in [1.807, 2.05) is 0 Å². The van der Waals surface area contributed by atoms with E-state index < -0.39 is 11.9 Å². The number of alkyl halides is 3. The fourth-order valence-corrected chi connectivity index (χ4v) is 4.35. The Balaban J connectivity index is 1.63. The van der Waals surface area contributed by atoms with Crippen molar-refractivity contribution in [3.63, 3.8) is 0 Å². The van der Waals surface area contributed by atoms with Crippen LogP contribution in [-0.2, 0) is 6.18 Å². The van der Waals surface area contributed by atoms with Crippen LogP contribution in [0.25, 0.3) is 0 Å². The van der Waals surface area contributed by atoms with Crippen molar-refractivity contribution in [2.24, 2.45) is 11.8 Å². The fourth-order valence-electron chi connectivity index (χ4n) is 4.35. The minimum Gasteiger partial charge on any atom is -0.339 e. The summed E-state index contributed by atoms with van der Waals surface area (Å²) in [5.41, 5.74) is -0.768. The van der Waals surface area contributed by atoms with Crippen molar-refractivity contribution in [3.05, 3.63) is 29.6 Å².